The molecule has 0 spiro atoms. The molecule has 2 N–H and O–H groups in total. The van der Waals surface area contributed by atoms with Crippen LogP contribution in [0.3, 0.4) is 0 Å². The SMILES string of the molecule is O=S(=O)(NCCO)c1ccc(S(=O)(=O)N2CCc3ccccc3C2)cc1. The summed E-state index contributed by atoms with van der Waals surface area (Å²) in [5.74, 6) is 0. The fraction of sp³-hybridized carbons (Fsp3) is 0.294. The number of nitrogens with zero attached hydrogens (tertiary/aromatic N) is 1. The number of aliphatic hydroxyl groups is 1. The van der Waals surface area contributed by atoms with E-state index in [4.69, 9.17) is 5.11 Å². The summed E-state index contributed by atoms with van der Waals surface area (Å²) >= 11 is 0. The van der Waals surface area contributed by atoms with Crippen LogP contribution in [0.2, 0.25) is 0 Å². The quantitative estimate of drug-likeness (QED) is 0.748. The van der Waals surface area contributed by atoms with Crippen molar-refractivity contribution < 1.29 is 21.9 Å². The van der Waals surface area contributed by atoms with Crippen molar-refractivity contribution in [3.63, 3.8) is 0 Å². The number of sulfonamides is 2. The molecule has 0 amide bonds. The number of fused-ring (bicyclic) bond motifs is 1. The molecule has 9 heteroatoms. The van der Waals surface area contributed by atoms with Crippen LogP contribution < -0.4 is 4.72 Å². The van der Waals surface area contributed by atoms with Gasteiger partial charge in [0.15, 0.2) is 0 Å². The smallest absolute Gasteiger partial charge is 0.243 e. The van der Waals surface area contributed by atoms with Gasteiger partial charge in [-0.3, -0.25) is 0 Å². The molecular formula is C17H20N2O5S2. The summed E-state index contributed by atoms with van der Waals surface area (Å²) in [6.07, 6.45) is 0.646. The second-order valence-corrected chi connectivity index (χ2v) is 9.65. The Bertz CT molecular complexity index is 986. The fourth-order valence-corrected chi connectivity index (χ4v) is 5.32. The van der Waals surface area contributed by atoms with Crippen LogP contribution in [0.15, 0.2) is 58.3 Å². The second kappa shape index (κ2) is 7.45. The molecule has 1 aliphatic rings. The van der Waals surface area contributed by atoms with Crippen LogP contribution in [0.25, 0.3) is 0 Å². The molecule has 0 atom stereocenters. The molecule has 2 aromatic carbocycles. The predicted molar refractivity (Wildman–Crippen MR) is 96.5 cm³/mol. The van der Waals surface area contributed by atoms with Crippen LogP contribution in [0, 0.1) is 0 Å². The molecule has 1 aliphatic heterocycles. The van der Waals surface area contributed by atoms with Gasteiger partial charge in [-0.15, -0.1) is 0 Å². The first-order valence-corrected chi connectivity index (χ1v) is 11.0. The first-order valence-electron chi connectivity index (χ1n) is 8.12. The van der Waals surface area contributed by atoms with Gasteiger partial charge in [-0.2, -0.15) is 4.31 Å². The molecule has 0 radical (unpaired) electrons. The summed E-state index contributed by atoms with van der Waals surface area (Å²) in [5.41, 5.74) is 2.13. The summed E-state index contributed by atoms with van der Waals surface area (Å²) in [7, 11) is -7.47. The van der Waals surface area contributed by atoms with Gasteiger partial charge in [-0.05, 0) is 41.8 Å². The molecule has 7 nitrogen and oxygen atoms in total. The van der Waals surface area contributed by atoms with Crippen LogP contribution in [-0.2, 0) is 33.0 Å². The van der Waals surface area contributed by atoms with Gasteiger partial charge >= 0.3 is 0 Å². The Kier molecular flexibility index (Phi) is 5.44. The minimum absolute atomic E-state index is 0.0473. The van der Waals surface area contributed by atoms with Crippen LogP contribution in [-0.4, -0.2) is 45.9 Å². The van der Waals surface area contributed by atoms with E-state index in [2.05, 4.69) is 4.72 Å². The van der Waals surface area contributed by atoms with Crippen molar-refractivity contribution in [2.24, 2.45) is 0 Å². The molecule has 26 heavy (non-hydrogen) atoms. The maximum Gasteiger partial charge on any atom is 0.243 e. The lowest BCUT2D eigenvalue weighted by Gasteiger charge is -2.28. The van der Waals surface area contributed by atoms with Gasteiger partial charge in [0, 0.05) is 19.6 Å². The lowest BCUT2D eigenvalue weighted by Crippen LogP contribution is -2.36. The van der Waals surface area contributed by atoms with Crippen molar-refractivity contribution in [1.82, 2.24) is 9.03 Å². The average Bonchev–Trinajstić information content (AvgIpc) is 2.66. The van der Waals surface area contributed by atoms with E-state index in [-0.39, 0.29) is 22.9 Å². The third-order valence-electron chi connectivity index (χ3n) is 4.27. The molecule has 0 saturated heterocycles. The van der Waals surface area contributed by atoms with E-state index in [1.807, 2.05) is 24.3 Å². The third kappa shape index (κ3) is 3.81. The molecular weight excluding hydrogens is 376 g/mol. The molecule has 1 heterocycles. The highest BCUT2D eigenvalue weighted by Crippen LogP contribution is 2.25. The van der Waals surface area contributed by atoms with Crippen LogP contribution in [0.5, 0.6) is 0 Å². The van der Waals surface area contributed by atoms with Crippen molar-refractivity contribution in [1.29, 1.82) is 0 Å². The van der Waals surface area contributed by atoms with Gasteiger partial charge in [-0.25, -0.2) is 21.6 Å². The number of nitrogens with one attached hydrogen (secondary N) is 1. The first kappa shape index (κ1) is 19.0. The van der Waals surface area contributed by atoms with Crippen LogP contribution >= 0.6 is 0 Å². The number of hydrogen-bond acceptors (Lipinski definition) is 5. The Hall–Kier alpha value is -1.78. The number of aliphatic hydroxyl groups excluding tert-OH is 1. The predicted octanol–water partition coefficient (Wildman–Crippen LogP) is 0.704. The maximum atomic E-state index is 12.9. The number of rotatable bonds is 6. The molecule has 0 unspecified atom stereocenters. The van der Waals surface area contributed by atoms with Gasteiger partial charge in [0.05, 0.1) is 16.4 Å². The van der Waals surface area contributed by atoms with E-state index in [1.54, 1.807) is 0 Å². The lowest BCUT2D eigenvalue weighted by molar-refractivity contribution is 0.301. The molecule has 0 aliphatic carbocycles. The van der Waals surface area contributed by atoms with Crippen LogP contribution in [0.1, 0.15) is 11.1 Å². The van der Waals surface area contributed by atoms with Crippen LogP contribution in [0.4, 0.5) is 0 Å². The Balaban J connectivity index is 1.83. The summed E-state index contributed by atoms with van der Waals surface area (Å²) < 4.78 is 53.4. The summed E-state index contributed by atoms with van der Waals surface area (Å²) in [6.45, 7) is 0.270. The zero-order valence-corrected chi connectivity index (χ0v) is 15.6. The van der Waals surface area contributed by atoms with Gasteiger partial charge in [0.25, 0.3) is 0 Å². The van der Waals surface area contributed by atoms with Crippen molar-refractivity contribution in [2.45, 2.75) is 22.8 Å². The van der Waals surface area contributed by atoms with E-state index < -0.39 is 20.0 Å². The molecule has 140 valence electrons. The molecule has 0 bridgehead atoms. The first-order chi connectivity index (χ1) is 12.3. The maximum absolute atomic E-state index is 12.9. The van der Waals surface area contributed by atoms with Gasteiger partial charge in [-0.1, -0.05) is 24.3 Å². The highest BCUT2D eigenvalue weighted by Gasteiger charge is 2.28. The van der Waals surface area contributed by atoms with Gasteiger partial charge in [0.2, 0.25) is 20.0 Å². The molecule has 2 aromatic rings. The highest BCUT2D eigenvalue weighted by atomic mass is 32.2. The van der Waals surface area contributed by atoms with E-state index in [9.17, 15) is 16.8 Å². The molecule has 0 fully saturated rings. The second-order valence-electron chi connectivity index (χ2n) is 5.95. The van der Waals surface area contributed by atoms with Crippen molar-refractivity contribution in [2.75, 3.05) is 19.7 Å². The number of hydrogen-bond donors (Lipinski definition) is 2. The van der Waals surface area contributed by atoms with Crippen molar-refractivity contribution in [3.8, 4) is 0 Å². The lowest BCUT2D eigenvalue weighted by atomic mass is 10.0. The Morgan fingerprint density at radius 3 is 2.19 bits per heavy atom. The van der Waals surface area contributed by atoms with E-state index in [0.717, 1.165) is 11.1 Å². The normalized spacial score (nSPS) is 15.6. The van der Waals surface area contributed by atoms with Gasteiger partial charge in [0.1, 0.15) is 0 Å². The molecule has 0 saturated carbocycles. The monoisotopic (exact) mass is 396 g/mol. The zero-order valence-electron chi connectivity index (χ0n) is 14.0. The van der Waals surface area contributed by atoms with E-state index in [0.29, 0.717) is 19.5 Å². The van der Waals surface area contributed by atoms with E-state index in [1.165, 1.54) is 28.6 Å². The van der Waals surface area contributed by atoms with Crippen molar-refractivity contribution >= 4 is 20.0 Å². The number of benzene rings is 2. The van der Waals surface area contributed by atoms with Crippen molar-refractivity contribution in [3.05, 3.63) is 59.7 Å². The minimum Gasteiger partial charge on any atom is -0.395 e. The van der Waals surface area contributed by atoms with Gasteiger partial charge < -0.3 is 5.11 Å². The Morgan fingerprint density at radius 1 is 0.923 bits per heavy atom. The Labute approximate surface area is 153 Å². The third-order valence-corrected chi connectivity index (χ3v) is 7.61. The standard InChI is InChI=1S/C17H20N2O5S2/c20-12-10-18-25(21,22)16-5-7-17(8-6-16)26(23,24)19-11-9-14-3-1-2-4-15(14)13-19/h1-8,18,20H,9-13H2. The average molecular weight is 396 g/mol. The minimum atomic E-state index is -3.77. The Morgan fingerprint density at radius 2 is 1.54 bits per heavy atom. The fourth-order valence-electron chi connectivity index (χ4n) is 2.88. The topological polar surface area (TPSA) is 104 Å². The van der Waals surface area contributed by atoms with E-state index >= 15 is 0 Å². The zero-order chi connectivity index (χ0) is 18.8. The molecule has 0 aromatic heterocycles. The molecule has 3 rings (SSSR count). The summed E-state index contributed by atoms with van der Waals surface area (Å²) in [6, 6.07) is 12.8. The largest absolute Gasteiger partial charge is 0.395 e. The summed E-state index contributed by atoms with van der Waals surface area (Å²) in [5, 5.41) is 8.73. The summed E-state index contributed by atoms with van der Waals surface area (Å²) in [4.78, 5) is 0.00637. The highest BCUT2D eigenvalue weighted by molar-refractivity contribution is 7.89.